The van der Waals surface area contributed by atoms with Crippen molar-refractivity contribution < 1.29 is 28.8 Å². The third-order valence-electron chi connectivity index (χ3n) is 3.45. The van der Waals surface area contributed by atoms with Gasteiger partial charge in [0.25, 0.3) is 0 Å². The second kappa shape index (κ2) is 3.88. The van der Waals surface area contributed by atoms with Crippen molar-refractivity contribution in [2.75, 3.05) is 6.61 Å². The molecule has 6 heteroatoms. The van der Waals surface area contributed by atoms with Gasteiger partial charge in [0.1, 0.15) is 24.4 Å². The van der Waals surface area contributed by atoms with E-state index in [0.717, 1.165) is 0 Å². The molecule has 0 radical (unpaired) electrons. The van der Waals surface area contributed by atoms with Crippen LogP contribution in [0.4, 0.5) is 0 Å². The lowest BCUT2D eigenvalue weighted by Gasteiger charge is -2.26. The Balaban J connectivity index is 1.68. The van der Waals surface area contributed by atoms with Crippen LogP contribution < -0.4 is 0 Å². The standard InChI is InChI=1S/C12H20O6/c1-11(2)14-5-6(16-11)8-7(13)9-10(15-8)18-12(3,4)17-9/h6-10,13H,5H2,1-4H3/t6-,7?,8+,9-,10+/m0/s1. The molecule has 3 fully saturated rings. The summed E-state index contributed by atoms with van der Waals surface area (Å²) >= 11 is 0. The fraction of sp³-hybridized carbons (Fsp3) is 1.00. The molecule has 104 valence electrons. The lowest BCUT2D eigenvalue weighted by molar-refractivity contribution is -0.232. The molecule has 3 saturated heterocycles. The van der Waals surface area contributed by atoms with Gasteiger partial charge >= 0.3 is 0 Å². The van der Waals surface area contributed by atoms with Crippen LogP contribution in [0, 0.1) is 0 Å². The molecule has 0 amide bonds. The van der Waals surface area contributed by atoms with E-state index in [2.05, 4.69) is 0 Å². The fourth-order valence-electron chi connectivity index (χ4n) is 2.70. The summed E-state index contributed by atoms with van der Waals surface area (Å²) < 4.78 is 28.1. The molecule has 18 heavy (non-hydrogen) atoms. The Morgan fingerprint density at radius 3 is 2.22 bits per heavy atom. The highest BCUT2D eigenvalue weighted by atomic mass is 16.8. The molecule has 5 atom stereocenters. The first-order chi connectivity index (χ1) is 8.27. The maximum atomic E-state index is 10.3. The third kappa shape index (κ3) is 2.07. The van der Waals surface area contributed by atoms with E-state index >= 15 is 0 Å². The number of ether oxygens (including phenoxy) is 5. The number of aliphatic hydroxyl groups is 1. The van der Waals surface area contributed by atoms with E-state index in [1.807, 2.05) is 13.8 Å². The van der Waals surface area contributed by atoms with Gasteiger partial charge in [0.15, 0.2) is 17.9 Å². The van der Waals surface area contributed by atoms with Crippen molar-refractivity contribution >= 4 is 0 Å². The second-order valence-corrected chi connectivity index (χ2v) is 5.93. The molecule has 1 unspecified atom stereocenters. The number of hydrogen-bond donors (Lipinski definition) is 1. The molecular formula is C12H20O6. The zero-order valence-electron chi connectivity index (χ0n) is 11.1. The molecule has 3 aliphatic heterocycles. The Kier molecular flexibility index (Phi) is 2.75. The Labute approximate surface area is 106 Å². The van der Waals surface area contributed by atoms with Gasteiger partial charge in [-0.2, -0.15) is 0 Å². The van der Waals surface area contributed by atoms with E-state index in [4.69, 9.17) is 23.7 Å². The molecule has 1 N–H and O–H groups in total. The lowest BCUT2D eigenvalue weighted by Crippen LogP contribution is -2.42. The zero-order chi connectivity index (χ0) is 13.1. The summed E-state index contributed by atoms with van der Waals surface area (Å²) in [6.45, 7) is 7.68. The lowest BCUT2D eigenvalue weighted by atomic mass is 10.1. The van der Waals surface area contributed by atoms with Crippen molar-refractivity contribution in [3.63, 3.8) is 0 Å². The highest BCUT2D eigenvalue weighted by Crippen LogP contribution is 2.40. The normalized spacial score (nSPS) is 49.5. The summed E-state index contributed by atoms with van der Waals surface area (Å²) in [6.07, 6.45) is -2.53. The maximum absolute atomic E-state index is 10.3. The minimum Gasteiger partial charge on any atom is -0.387 e. The van der Waals surface area contributed by atoms with Crippen LogP contribution in [0.2, 0.25) is 0 Å². The van der Waals surface area contributed by atoms with Gasteiger partial charge < -0.3 is 28.8 Å². The van der Waals surface area contributed by atoms with E-state index in [0.29, 0.717) is 6.61 Å². The molecule has 3 heterocycles. The summed E-state index contributed by atoms with van der Waals surface area (Å²) in [5, 5.41) is 10.3. The van der Waals surface area contributed by atoms with E-state index in [9.17, 15) is 5.11 Å². The molecule has 0 aromatic heterocycles. The first-order valence-corrected chi connectivity index (χ1v) is 6.28. The summed E-state index contributed by atoms with van der Waals surface area (Å²) in [6, 6.07) is 0. The molecular weight excluding hydrogens is 240 g/mol. The topological polar surface area (TPSA) is 66.4 Å². The van der Waals surface area contributed by atoms with Crippen molar-refractivity contribution in [3.05, 3.63) is 0 Å². The Morgan fingerprint density at radius 1 is 0.944 bits per heavy atom. The summed E-state index contributed by atoms with van der Waals surface area (Å²) in [7, 11) is 0. The van der Waals surface area contributed by atoms with Crippen molar-refractivity contribution in [2.45, 2.75) is 70.0 Å². The quantitative estimate of drug-likeness (QED) is 0.735. The maximum Gasteiger partial charge on any atom is 0.190 e. The molecule has 0 spiro atoms. The van der Waals surface area contributed by atoms with E-state index < -0.39 is 36.2 Å². The van der Waals surface area contributed by atoms with Crippen LogP contribution in [0.3, 0.4) is 0 Å². The number of aliphatic hydroxyl groups excluding tert-OH is 1. The molecule has 0 aromatic rings. The summed E-state index contributed by atoms with van der Waals surface area (Å²) in [4.78, 5) is 0. The average Bonchev–Trinajstić information content (AvgIpc) is 2.81. The predicted molar refractivity (Wildman–Crippen MR) is 59.6 cm³/mol. The number of fused-ring (bicyclic) bond motifs is 1. The third-order valence-corrected chi connectivity index (χ3v) is 3.45. The van der Waals surface area contributed by atoms with Gasteiger partial charge in [-0.15, -0.1) is 0 Å². The molecule has 3 rings (SSSR count). The largest absolute Gasteiger partial charge is 0.387 e. The smallest absolute Gasteiger partial charge is 0.190 e. The van der Waals surface area contributed by atoms with Crippen LogP contribution >= 0.6 is 0 Å². The highest BCUT2D eigenvalue weighted by Gasteiger charge is 2.57. The average molecular weight is 260 g/mol. The highest BCUT2D eigenvalue weighted by molar-refractivity contribution is 4.97. The SMILES string of the molecule is CC1(C)OC[C@@H]([C@H]2O[C@@H]3OC(C)(C)O[C@H]3C2O)O1. The first kappa shape index (κ1) is 12.8. The Morgan fingerprint density at radius 2 is 1.67 bits per heavy atom. The van der Waals surface area contributed by atoms with Gasteiger partial charge in [-0.1, -0.05) is 0 Å². The second-order valence-electron chi connectivity index (χ2n) is 5.93. The van der Waals surface area contributed by atoms with Crippen molar-refractivity contribution in [1.29, 1.82) is 0 Å². The van der Waals surface area contributed by atoms with Gasteiger partial charge in [0.2, 0.25) is 0 Å². The molecule has 0 aliphatic carbocycles. The van der Waals surface area contributed by atoms with Crippen LogP contribution in [0.1, 0.15) is 27.7 Å². The number of rotatable bonds is 1. The molecule has 0 aromatic carbocycles. The van der Waals surface area contributed by atoms with Crippen LogP contribution in [-0.2, 0) is 23.7 Å². The molecule has 0 saturated carbocycles. The number of hydrogen-bond acceptors (Lipinski definition) is 6. The van der Waals surface area contributed by atoms with Gasteiger partial charge in [0.05, 0.1) is 6.61 Å². The van der Waals surface area contributed by atoms with Gasteiger partial charge in [0, 0.05) is 0 Å². The van der Waals surface area contributed by atoms with Crippen molar-refractivity contribution in [2.24, 2.45) is 0 Å². The van der Waals surface area contributed by atoms with E-state index in [1.54, 1.807) is 13.8 Å². The van der Waals surface area contributed by atoms with E-state index in [-0.39, 0.29) is 6.10 Å². The minimum absolute atomic E-state index is 0.295. The van der Waals surface area contributed by atoms with E-state index in [1.165, 1.54) is 0 Å². The zero-order valence-corrected chi connectivity index (χ0v) is 11.1. The summed E-state index contributed by atoms with van der Waals surface area (Å²) in [5.74, 6) is -1.35. The van der Waals surface area contributed by atoms with Gasteiger partial charge in [-0.3, -0.25) is 0 Å². The fourth-order valence-corrected chi connectivity index (χ4v) is 2.70. The minimum atomic E-state index is -0.765. The van der Waals surface area contributed by atoms with Gasteiger partial charge in [-0.25, -0.2) is 0 Å². The monoisotopic (exact) mass is 260 g/mol. The Bertz CT molecular complexity index is 341. The molecule has 6 nitrogen and oxygen atoms in total. The van der Waals surface area contributed by atoms with Crippen LogP contribution in [0.15, 0.2) is 0 Å². The van der Waals surface area contributed by atoms with Crippen LogP contribution in [0.25, 0.3) is 0 Å². The molecule has 3 aliphatic rings. The van der Waals surface area contributed by atoms with Gasteiger partial charge in [-0.05, 0) is 27.7 Å². The van der Waals surface area contributed by atoms with Crippen LogP contribution in [-0.4, -0.2) is 54.0 Å². The Hall–Kier alpha value is -0.240. The van der Waals surface area contributed by atoms with Crippen molar-refractivity contribution in [1.82, 2.24) is 0 Å². The summed E-state index contributed by atoms with van der Waals surface area (Å²) in [5.41, 5.74) is 0. The predicted octanol–water partition coefficient (Wildman–Crippen LogP) is 0.375. The van der Waals surface area contributed by atoms with Crippen molar-refractivity contribution in [3.8, 4) is 0 Å². The molecule has 0 bridgehead atoms. The first-order valence-electron chi connectivity index (χ1n) is 6.28. The van der Waals surface area contributed by atoms with Crippen LogP contribution in [0.5, 0.6) is 0 Å².